The molecule has 0 atom stereocenters. The Morgan fingerprint density at radius 2 is 1.26 bits per heavy atom. The largest absolute Gasteiger partial charge is 0.278 e. The minimum atomic E-state index is 0.865. The molecule has 0 aliphatic heterocycles. The molecule has 4 nitrogen and oxygen atoms in total. The van der Waals surface area contributed by atoms with Gasteiger partial charge in [-0.25, -0.2) is 4.98 Å². The average molecular weight is 517 g/mol. The van der Waals surface area contributed by atoms with Crippen LogP contribution in [0.3, 0.4) is 0 Å². The van der Waals surface area contributed by atoms with Gasteiger partial charge in [0.25, 0.3) is 0 Å². The van der Waals surface area contributed by atoms with Gasteiger partial charge < -0.3 is 0 Å². The number of pyridine rings is 1. The molecule has 182 valence electrons. The van der Waals surface area contributed by atoms with Crippen molar-refractivity contribution in [1.29, 1.82) is 0 Å². The molecular weight excluding hydrogens is 496 g/mol. The zero-order valence-corrected chi connectivity index (χ0v) is 21.6. The van der Waals surface area contributed by atoms with E-state index in [0.29, 0.717) is 0 Å². The van der Waals surface area contributed by atoms with Crippen LogP contribution in [-0.2, 0) is 0 Å². The zero-order valence-electron chi connectivity index (χ0n) is 20.7. The zero-order chi connectivity index (χ0) is 25.5. The van der Waals surface area contributed by atoms with Gasteiger partial charge in [-0.2, -0.15) is 0 Å². The topological polar surface area (TPSA) is 35.6 Å². The minimum Gasteiger partial charge on any atom is -0.278 e. The van der Waals surface area contributed by atoms with Gasteiger partial charge in [-0.05, 0) is 53.2 Å². The summed E-state index contributed by atoms with van der Waals surface area (Å²) < 4.78 is 7.16. The fraction of sp³-hybridized carbons (Fsp3) is 0. The highest BCUT2D eigenvalue weighted by atomic mass is 32.1. The van der Waals surface area contributed by atoms with E-state index in [2.05, 4.69) is 118 Å². The molecule has 0 saturated heterocycles. The van der Waals surface area contributed by atoms with Crippen LogP contribution in [0.25, 0.3) is 75.6 Å². The number of aromatic nitrogens is 4. The molecule has 0 aliphatic carbocycles. The molecule has 9 aromatic rings. The number of rotatable bonds is 2. The van der Waals surface area contributed by atoms with Gasteiger partial charge in [0, 0.05) is 32.7 Å². The van der Waals surface area contributed by atoms with Crippen LogP contribution in [0, 0.1) is 0 Å². The monoisotopic (exact) mass is 516 g/mol. The van der Waals surface area contributed by atoms with E-state index < -0.39 is 0 Å². The quantitative estimate of drug-likeness (QED) is 0.230. The fourth-order valence-electron chi connectivity index (χ4n) is 6.19. The molecule has 0 radical (unpaired) electrons. The molecule has 0 aliphatic rings. The van der Waals surface area contributed by atoms with E-state index in [1.807, 2.05) is 23.6 Å². The summed E-state index contributed by atoms with van der Waals surface area (Å²) in [6.07, 6.45) is 1.90. The van der Waals surface area contributed by atoms with Crippen LogP contribution in [0.15, 0.2) is 121 Å². The Morgan fingerprint density at radius 3 is 2.13 bits per heavy atom. The third-order valence-electron chi connectivity index (χ3n) is 7.76. The van der Waals surface area contributed by atoms with E-state index in [1.165, 1.54) is 36.3 Å². The Hall–Kier alpha value is -5.00. The van der Waals surface area contributed by atoms with E-state index >= 15 is 0 Å². The van der Waals surface area contributed by atoms with Crippen molar-refractivity contribution in [2.75, 3.05) is 0 Å². The molecule has 4 heterocycles. The van der Waals surface area contributed by atoms with E-state index in [-0.39, 0.29) is 0 Å². The van der Waals surface area contributed by atoms with Crippen molar-refractivity contribution >= 4 is 75.3 Å². The molecule has 5 aromatic carbocycles. The predicted octanol–water partition coefficient (Wildman–Crippen LogP) is 9.04. The summed E-state index contributed by atoms with van der Waals surface area (Å²) in [6.45, 7) is 0. The molecule has 0 fully saturated rings. The van der Waals surface area contributed by atoms with Crippen LogP contribution < -0.4 is 0 Å². The Bertz CT molecular complexity index is 2390. The summed E-state index contributed by atoms with van der Waals surface area (Å²) in [4.78, 5) is 10.2. The van der Waals surface area contributed by atoms with Crippen molar-refractivity contribution in [3.8, 4) is 11.6 Å². The lowest BCUT2D eigenvalue weighted by Gasteiger charge is -2.13. The first-order chi connectivity index (χ1) is 19.4. The second kappa shape index (κ2) is 7.76. The third kappa shape index (κ3) is 2.77. The molecule has 9 rings (SSSR count). The number of hydrogen-bond acceptors (Lipinski definition) is 3. The van der Waals surface area contributed by atoms with E-state index in [9.17, 15) is 0 Å². The first-order valence-electron chi connectivity index (χ1n) is 13.0. The van der Waals surface area contributed by atoms with Crippen molar-refractivity contribution in [3.05, 3.63) is 121 Å². The molecule has 0 N–H and O–H groups in total. The maximum absolute atomic E-state index is 5.28. The number of imidazole rings is 1. The number of hydrogen-bond donors (Lipinski definition) is 0. The Labute approximate surface area is 227 Å². The molecular formula is C34H20N4S. The third-order valence-corrected chi connectivity index (χ3v) is 8.94. The maximum atomic E-state index is 5.28. The Kier molecular flexibility index (Phi) is 4.18. The lowest BCUT2D eigenvalue weighted by molar-refractivity contribution is 0.957. The van der Waals surface area contributed by atoms with Crippen LogP contribution in [0.1, 0.15) is 0 Å². The Balaban J connectivity index is 1.59. The van der Waals surface area contributed by atoms with Gasteiger partial charge in [0.15, 0.2) is 0 Å². The van der Waals surface area contributed by atoms with Crippen molar-refractivity contribution in [2.45, 2.75) is 0 Å². The summed E-state index contributed by atoms with van der Waals surface area (Å²) in [6, 6.07) is 40.6. The summed E-state index contributed by atoms with van der Waals surface area (Å²) >= 11 is 1.85. The molecule has 0 bridgehead atoms. The summed E-state index contributed by atoms with van der Waals surface area (Å²) in [5.41, 5.74) is 6.32. The second-order valence-corrected chi connectivity index (χ2v) is 10.9. The summed E-state index contributed by atoms with van der Waals surface area (Å²) in [5, 5.41) is 6.24. The van der Waals surface area contributed by atoms with Crippen molar-refractivity contribution in [3.63, 3.8) is 0 Å². The highest BCUT2D eigenvalue weighted by Crippen LogP contribution is 2.47. The second-order valence-electron chi connectivity index (χ2n) is 9.85. The van der Waals surface area contributed by atoms with Gasteiger partial charge >= 0.3 is 0 Å². The van der Waals surface area contributed by atoms with E-state index in [1.54, 1.807) is 0 Å². The van der Waals surface area contributed by atoms with Crippen LogP contribution in [0.2, 0.25) is 0 Å². The van der Waals surface area contributed by atoms with Crippen LogP contribution in [-0.4, -0.2) is 19.1 Å². The lowest BCUT2D eigenvalue weighted by Crippen LogP contribution is -2.05. The van der Waals surface area contributed by atoms with Gasteiger partial charge in [-0.15, -0.1) is 11.3 Å². The number of benzene rings is 5. The number of para-hydroxylation sites is 3. The molecule has 0 amide bonds. The Morgan fingerprint density at radius 1 is 0.564 bits per heavy atom. The smallest absolute Gasteiger partial charge is 0.220 e. The maximum Gasteiger partial charge on any atom is 0.220 e. The molecule has 39 heavy (non-hydrogen) atoms. The van der Waals surface area contributed by atoms with Gasteiger partial charge in [0.1, 0.15) is 0 Å². The van der Waals surface area contributed by atoms with Crippen LogP contribution in [0.4, 0.5) is 0 Å². The molecule has 5 heteroatoms. The first-order valence-corrected chi connectivity index (χ1v) is 13.8. The van der Waals surface area contributed by atoms with Gasteiger partial charge in [-0.1, -0.05) is 72.8 Å². The molecule has 0 unspecified atom stereocenters. The van der Waals surface area contributed by atoms with Crippen LogP contribution >= 0.6 is 11.3 Å². The summed E-state index contributed by atoms with van der Waals surface area (Å²) in [5.74, 6) is 0.865. The predicted molar refractivity (Wildman–Crippen MR) is 164 cm³/mol. The standard InChI is InChI=1S/C34H20N4S/c1-2-11-21(12-3-1)37-26-17-8-7-16-25(26)36-34(37)38-27-18-10-20-35-31(27)30-23-14-5-4-13-22(23)29-24-15-6-9-19-28(24)39-33(29)32(30)38/h1-20H. The van der Waals surface area contributed by atoms with E-state index in [4.69, 9.17) is 9.97 Å². The number of thiophene rings is 1. The van der Waals surface area contributed by atoms with Gasteiger partial charge in [0.2, 0.25) is 5.95 Å². The molecule has 4 aromatic heterocycles. The minimum absolute atomic E-state index is 0.865. The lowest BCUT2D eigenvalue weighted by atomic mass is 10.00. The summed E-state index contributed by atoms with van der Waals surface area (Å²) in [7, 11) is 0. The van der Waals surface area contributed by atoms with Crippen molar-refractivity contribution in [1.82, 2.24) is 19.1 Å². The van der Waals surface area contributed by atoms with Gasteiger partial charge in [-0.3, -0.25) is 14.1 Å². The van der Waals surface area contributed by atoms with Crippen molar-refractivity contribution in [2.24, 2.45) is 0 Å². The normalized spacial score (nSPS) is 12.1. The molecule has 0 saturated carbocycles. The van der Waals surface area contributed by atoms with Crippen LogP contribution in [0.5, 0.6) is 0 Å². The van der Waals surface area contributed by atoms with E-state index in [0.717, 1.165) is 39.2 Å². The number of fused-ring (bicyclic) bond motifs is 11. The van der Waals surface area contributed by atoms with Gasteiger partial charge in [0.05, 0.1) is 32.3 Å². The fourth-order valence-corrected chi connectivity index (χ4v) is 7.44. The number of nitrogens with zero attached hydrogens (tertiary/aromatic N) is 4. The average Bonchev–Trinajstić information content (AvgIpc) is 3.67. The highest BCUT2D eigenvalue weighted by Gasteiger charge is 2.25. The molecule has 0 spiro atoms. The SMILES string of the molecule is c1ccc(-n2c(-n3c4cccnc4c4c5ccccc5c5c6ccccc6sc5c43)nc3ccccc32)cc1. The highest BCUT2D eigenvalue weighted by molar-refractivity contribution is 7.27. The first kappa shape index (κ1) is 21.0. The van der Waals surface area contributed by atoms with Crippen molar-refractivity contribution < 1.29 is 0 Å².